The standard InChI is InChI=1S/C9H10BrN5/c1-6-2-3-8(7(10)4-6)15-13-9(5-11)12-14-15/h2-4H,5,11H2,1H3. The lowest BCUT2D eigenvalue weighted by Gasteiger charge is -2.02. The van der Waals surface area contributed by atoms with Gasteiger partial charge in [0.05, 0.1) is 6.54 Å². The van der Waals surface area contributed by atoms with E-state index < -0.39 is 0 Å². The largest absolute Gasteiger partial charge is 0.324 e. The second kappa shape index (κ2) is 4.08. The Labute approximate surface area is 95.4 Å². The zero-order chi connectivity index (χ0) is 10.8. The van der Waals surface area contributed by atoms with Gasteiger partial charge in [0.1, 0.15) is 5.69 Å². The van der Waals surface area contributed by atoms with Crippen molar-refractivity contribution in [1.82, 2.24) is 20.2 Å². The van der Waals surface area contributed by atoms with Crippen molar-refractivity contribution in [1.29, 1.82) is 0 Å². The van der Waals surface area contributed by atoms with Gasteiger partial charge in [0, 0.05) is 4.47 Å². The number of aryl methyl sites for hydroxylation is 1. The van der Waals surface area contributed by atoms with Crippen LogP contribution in [0, 0.1) is 6.92 Å². The minimum Gasteiger partial charge on any atom is -0.324 e. The van der Waals surface area contributed by atoms with Crippen molar-refractivity contribution >= 4 is 15.9 Å². The summed E-state index contributed by atoms with van der Waals surface area (Å²) in [5.74, 6) is 0.530. The highest BCUT2D eigenvalue weighted by Gasteiger charge is 2.06. The molecular formula is C9H10BrN5. The highest BCUT2D eigenvalue weighted by molar-refractivity contribution is 9.10. The summed E-state index contributed by atoms with van der Waals surface area (Å²) in [5, 5.41) is 11.9. The number of hydrogen-bond donors (Lipinski definition) is 1. The predicted molar refractivity (Wildman–Crippen MR) is 59.5 cm³/mol. The van der Waals surface area contributed by atoms with Gasteiger partial charge in [-0.3, -0.25) is 0 Å². The minimum atomic E-state index is 0.295. The molecule has 1 aromatic heterocycles. The summed E-state index contributed by atoms with van der Waals surface area (Å²) in [7, 11) is 0. The molecular weight excluding hydrogens is 258 g/mol. The van der Waals surface area contributed by atoms with Crippen LogP contribution in [0.3, 0.4) is 0 Å². The molecule has 0 atom stereocenters. The van der Waals surface area contributed by atoms with Crippen LogP contribution in [0.2, 0.25) is 0 Å². The lowest BCUT2D eigenvalue weighted by molar-refractivity contribution is 0.714. The maximum atomic E-state index is 5.41. The number of hydrogen-bond acceptors (Lipinski definition) is 4. The first-order valence-electron chi connectivity index (χ1n) is 4.46. The molecule has 1 aromatic carbocycles. The molecule has 0 saturated heterocycles. The van der Waals surface area contributed by atoms with Crippen molar-refractivity contribution in [3.8, 4) is 5.69 Å². The van der Waals surface area contributed by atoms with E-state index >= 15 is 0 Å². The number of benzene rings is 1. The van der Waals surface area contributed by atoms with Gasteiger partial charge in [-0.15, -0.1) is 15.0 Å². The maximum absolute atomic E-state index is 5.41. The van der Waals surface area contributed by atoms with Crippen molar-refractivity contribution in [3.63, 3.8) is 0 Å². The smallest absolute Gasteiger partial charge is 0.188 e. The number of nitrogens with two attached hydrogens (primary N) is 1. The third kappa shape index (κ3) is 2.05. The normalized spacial score (nSPS) is 10.6. The van der Waals surface area contributed by atoms with E-state index in [2.05, 4.69) is 31.3 Å². The molecule has 0 spiro atoms. The van der Waals surface area contributed by atoms with Crippen LogP contribution in [0.25, 0.3) is 5.69 Å². The third-order valence-electron chi connectivity index (χ3n) is 1.96. The van der Waals surface area contributed by atoms with E-state index in [-0.39, 0.29) is 0 Å². The second-order valence-electron chi connectivity index (χ2n) is 3.15. The Morgan fingerprint density at radius 2 is 2.27 bits per heavy atom. The molecule has 0 unspecified atom stereocenters. The summed E-state index contributed by atoms with van der Waals surface area (Å²) in [6.07, 6.45) is 0. The quantitative estimate of drug-likeness (QED) is 0.888. The average molecular weight is 268 g/mol. The zero-order valence-electron chi connectivity index (χ0n) is 8.18. The SMILES string of the molecule is Cc1ccc(-n2nnc(CN)n2)c(Br)c1. The Kier molecular flexibility index (Phi) is 2.79. The van der Waals surface area contributed by atoms with Crippen LogP contribution < -0.4 is 5.73 Å². The van der Waals surface area contributed by atoms with Gasteiger partial charge in [-0.1, -0.05) is 6.07 Å². The van der Waals surface area contributed by atoms with E-state index in [1.54, 1.807) is 0 Å². The van der Waals surface area contributed by atoms with Gasteiger partial charge in [0.2, 0.25) is 0 Å². The first kappa shape index (κ1) is 10.3. The van der Waals surface area contributed by atoms with E-state index in [1.165, 1.54) is 10.4 Å². The fourth-order valence-corrected chi connectivity index (χ4v) is 1.85. The average Bonchev–Trinajstić information content (AvgIpc) is 2.66. The number of aromatic nitrogens is 4. The van der Waals surface area contributed by atoms with Crippen LogP contribution in [0.15, 0.2) is 22.7 Å². The minimum absolute atomic E-state index is 0.295. The first-order valence-corrected chi connectivity index (χ1v) is 5.25. The van der Waals surface area contributed by atoms with Crippen molar-refractivity contribution < 1.29 is 0 Å². The Balaban J connectivity index is 2.44. The Morgan fingerprint density at radius 3 is 2.87 bits per heavy atom. The molecule has 0 saturated carbocycles. The number of nitrogens with zero attached hydrogens (tertiary/aromatic N) is 4. The van der Waals surface area contributed by atoms with E-state index in [0.29, 0.717) is 12.4 Å². The summed E-state index contributed by atoms with van der Waals surface area (Å²) in [6, 6.07) is 5.92. The lowest BCUT2D eigenvalue weighted by atomic mass is 10.2. The van der Waals surface area contributed by atoms with Gasteiger partial charge in [-0.2, -0.15) is 0 Å². The zero-order valence-corrected chi connectivity index (χ0v) is 9.77. The van der Waals surface area contributed by atoms with Crippen LogP contribution in [0.4, 0.5) is 0 Å². The molecule has 5 nitrogen and oxygen atoms in total. The molecule has 0 aliphatic carbocycles. The van der Waals surface area contributed by atoms with Gasteiger partial charge < -0.3 is 5.73 Å². The van der Waals surface area contributed by atoms with E-state index in [4.69, 9.17) is 5.73 Å². The van der Waals surface area contributed by atoms with Gasteiger partial charge in [-0.05, 0) is 45.8 Å². The molecule has 2 rings (SSSR count). The Hall–Kier alpha value is -1.27. The van der Waals surface area contributed by atoms with Crippen LogP contribution in [-0.2, 0) is 6.54 Å². The van der Waals surface area contributed by atoms with Crippen LogP contribution in [0.5, 0.6) is 0 Å². The molecule has 78 valence electrons. The molecule has 0 fully saturated rings. The van der Waals surface area contributed by atoms with Crippen molar-refractivity contribution in [2.45, 2.75) is 13.5 Å². The maximum Gasteiger partial charge on any atom is 0.188 e. The molecule has 0 aliphatic heterocycles. The fourth-order valence-electron chi connectivity index (χ4n) is 1.20. The predicted octanol–water partition coefficient (Wildman–Crippen LogP) is 1.19. The summed E-state index contributed by atoms with van der Waals surface area (Å²) < 4.78 is 0.934. The fraction of sp³-hybridized carbons (Fsp3) is 0.222. The first-order chi connectivity index (χ1) is 7.20. The van der Waals surface area contributed by atoms with E-state index in [1.807, 2.05) is 25.1 Å². The second-order valence-corrected chi connectivity index (χ2v) is 4.01. The molecule has 0 bridgehead atoms. The van der Waals surface area contributed by atoms with E-state index in [9.17, 15) is 0 Å². The topological polar surface area (TPSA) is 69.6 Å². The lowest BCUT2D eigenvalue weighted by Crippen LogP contribution is -2.02. The summed E-state index contributed by atoms with van der Waals surface area (Å²) in [6.45, 7) is 2.32. The molecule has 1 heterocycles. The molecule has 0 amide bonds. The number of tetrazole rings is 1. The van der Waals surface area contributed by atoms with Gasteiger partial charge in [-0.25, -0.2) is 0 Å². The Bertz CT molecular complexity index is 479. The molecule has 2 N–H and O–H groups in total. The molecule has 0 aliphatic rings. The number of halogens is 1. The molecule has 2 aromatic rings. The van der Waals surface area contributed by atoms with Crippen LogP contribution in [-0.4, -0.2) is 20.2 Å². The van der Waals surface area contributed by atoms with Crippen LogP contribution in [0.1, 0.15) is 11.4 Å². The van der Waals surface area contributed by atoms with Gasteiger partial charge in [0.15, 0.2) is 5.82 Å². The molecule has 0 radical (unpaired) electrons. The summed E-state index contributed by atoms with van der Waals surface area (Å²) >= 11 is 3.46. The monoisotopic (exact) mass is 267 g/mol. The third-order valence-corrected chi connectivity index (χ3v) is 2.59. The Morgan fingerprint density at radius 1 is 1.47 bits per heavy atom. The molecule has 15 heavy (non-hydrogen) atoms. The molecule has 6 heteroatoms. The number of rotatable bonds is 2. The van der Waals surface area contributed by atoms with Crippen molar-refractivity contribution in [2.75, 3.05) is 0 Å². The van der Waals surface area contributed by atoms with Crippen molar-refractivity contribution in [2.24, 2.45) is 5.73 Å². The van der Waals surface area contributed by atoms with Gasteiger partial charge >= 0.3 is 0 Å². The van der Waals surface area contributed by atoms with Crippen molar-refractivity contribution in [3.05, 3.63) is 34.1 Å². The highest BCUT2D eigenvalue weighted by Crippen LogP contribution is 2.20. The summed E-state index contributed by atoms with van der Waals surface area (Å²) in [4.78, 5) is 1.46. The van der Waals surface area contributed by atoms with E-state index in [0.717, 1.165) is 10.2 Å². The van der Waals surface area contributed by atoms with Crippen LogP contribution >= 0.6 is 15.9 Å². The van der Waals surface area contributed by atoms with Gasteiger partial charge in [0.25, 0.3) is 0 Å². The summed E-state index contributed by atoms with van der Waals surface area (Å²) in [5.41, 5.74) is 7.44. The highest BCUT2D eigenvalue weighted by atomic mass is 79.9.